The van der Waals surface area contributed by atoms with Crippen molar-refractivity contribution in [1.82, 2.24) is 14.8 Å². The minimum absolute atomic E-state index is 0.688. The molecule has 1 heterocycles. The molecule has 0 saturated carbocycles. The maximum Gasteiger partial charge on any atom is 0.225 e. The summed E-state index contributed by atoms with van der Waals surface area (Å²) in [7, 11) is 2.04. The van der Waals surface area contributed by atoms with Crippen LogP contribution < -0.4 is 4.90 Å². The van der Waals surface area contributed by atoms with Crippen LogP contribution in [0.25, 0.3) is 0 Å². The van der Waals surface area contributed by atoms with Gasteiger partial charge in [0.05, 0.1) is 0 Å². The van der Waals surface area contributed by atoms with Gasteiger partial charge in [0, 0.05) is 20.1 Å². The van der Waals surface area contributed by atoms with Gasteiger partial charge in [0.15, 0.2) is 4.77 Å². The molecule has 0 aliphatic carbocycles. The first-order valence-electron chi connectivity index (χ1n) is 6.53. The monoisotopic (exact) mass is 276 g/mol. The van der Waals surface area contributed by atoms with Gasteiger partial charge in [0.2, 0.25) is 5.95 Å². The van der Waals surface area contributed by atoms with Crippen LogP contribution in [0, 0.1) is 11.7 Å². The Labute approximate surface area is 119 Å². The Kier molecular flexibility index (Phi) is 4.37. The van der Waals surface area contributed by atoms with E-state index in [1.165, 1.54) is 11.1 Å². The van der Waals surface area contributed by atoms with E-state index in [0.29, 0.717) is 4.77 Å². The number of aromatic amines is 1. The zero-order valence-electron chi connectivity index (χ0n) is 11.7. The molecule has 0 saturated heterocycles. The molecule has 4 nitrogen and oxygen atoms in total. The Morgan fingerprint density at radius 2 is 2.00 bits per heavy atom. The lowest BCUT2D eigenvalue weighted by Gasteiger charge is -2.18. The van der Waals surface area contributed by atoms with E-state index in [4.69, 9.17) is 12.2 Å². The number of rotatable bonds is 5. The summed E-state index contributed by atoms with van der Waals surface area (Å²) in [6.45, 7) is 5.95. The lowest BCUT2D eigenvalue weighted by atomic mass is 10.1. The van der Waals surface area contributed by atoms with E-state index in [-0.39, 0.29) is 0 Å². The molecular weight excluding hydrogens is 256 g/mol. The molecule has 19 heavy (non-hydrogen) atoms. The predicted octanol–water partition coefficient (Wildman–Crippen LogP) is 3.30. The predicted molar refractivity (Wildman–Crippen MR) is 81.0 cm³/mol. The maximum absolute atomic E-state index is 5.26. The molecule has 1 N–H and O–H groups in total. The number of anilines is 1. The molecule has 2 aromatic rings. The van der Waals surface area contributed by atoms with E-state index >= 15 is 0 Å². The number of hydrogen-bond donors (Lipinski definition) is 1. The van der Waals surface area contributed by atoms with Crippen molar-refractivity contribution in [2.45, 2.75) is 33.4 Å². The van der Waals surface area contributed by atoms with Crippen molar-refractivity contribution in [2.24, 2.45) is 0 Å². The van der Waals surface area contributed by atoms with E-state index in [9.17, 15) is 0 Å². The molecular formula is C14H20N4S. The van der Waals surface area contributed by atoms with Crippen LogP contribution >= 0.6 is 12.2 Å². The first-order valence-corrected chi connectivity index (χ1v) is 6.94. The highest BCUT2D eigenvalue weighted by atomic mass is 32.1. The zero-order chi connectivity index (χ0) is 13.8. The summed E-state index contributed by atoms with van der Waals surface area (Å²) < 4.78 is 2.73. The standard InChI is InChI=1S/C14H20N4S/c1-4-9-18-13(15-16-14(18)19)17(3)10-12-7-5-11(2)6-8-12/h5-8H,4,9-10H2,1-3H3,(H,16,19). The van der Waals surface area contributed by atoms with Gasteiger partial charge >= 0.3 is 0 Å². The Morgan fingerprint density at radius 1 is 1.32 bits per heavy atom. The number of benzene rings is 1. The molecule has 0 amide bonds. The number of hydrogen-bond acceptors (Lipinski definition) is 3. The lowest BCUT2D eigenvalue weighted by molar-refractivity contribution is 0.654. The van der Waals surface area contributed by atoms with Crippen LogP contribution in [0.3, 0.4) is 0 Å². The lowest BCUT2D eigenvalue weighted by Crippen LogP contribution is -2.21. The van der Waals surface area contributed by atoms with Gasteiger partial charge in [-0.2, -0.15) is 0 Å². The minimum atomic E-state index is 0.688. The molecule has 0 bridgehead atoms. The smallest absolute Gasteiger partial charge is 0.225 e. The fourth-order valence-corrected chi connectivity index (χ4v) is 2.28. The van der Waals surface area contributed by atoms with Crippen molar-refractivity contribution < 1.29 is 0 Å². The summed E-state index contributed by atoms with van der Waals surface area (Å²) in [4.78, 5) is 2.12. The third kappa shape index (κ3) is 3.23. The van der Waals surface area contributed by atoms with Crippen LogP contribution in [-0.2, 0) is 13.1 Å². The van der Waals surface area contributed by atoms with E-state index in [2.05, 4.69) is 53.2 Å². The zero-order valence-corrected chi connectivity index (χ0v) is 12.5. The molecule has 0 unspecified atom stereocenters. The largest absolute Gasteiger partial charge is 0.340 e. The molecule has 0 fully saturated rings. The Hall–Kier alpha value is -1.62. The molecule has 1 aromatic heterocycles. The SMILES string of the molecule is CCCn1c(N(C)Cc2ccc(C)cc2)n[nH]c1=S. The van der Waals surface area contributed by atoms with Crippen LogP contribution in [0.4, 0.5) is 5.95 Å². The third-order valence-electron chi connectivity index (χ3n) is 3.07. The van der Waals surface area contributed by atoms with Crippen molar-refractivity contribution in [3.05, 3.63) is 40.2 Å². The molecule has 102 valence electrons. The van der Waals surface area contributed by atoms with Gasteiger partial charge in [0.1, 0.15) is 0 Å². The molecule has 5 heteroatoms. The fraction of sp³-hybridized carbons (Fsp3) is 0.429. The van der Waals surface area contributed by atoms with Gasteiger partial charge in [0.25, 0.3) is 0 Å². The first kappa shape index (κ1) is 13.8. The van der Waals surface area contributed by atoms with E-state index in [0.717, 1.165) is 25.5 Å². The van der Waals surface area contributed by atoms with Crippen molar-refractivity contribution in [2.75, 3.05) is 11.9 Å². The topological polar surface area (TPSA) is 36.9 Å². The van der Waals surface area contributed by atoms with Crippen molar-refractivity contribution in [1.29, 1.82) is 0 Å². The van der Waals surface area contributed by atoms with E-state index < -0.39 is 0 Å². The quantitative estimate of drug-likeness (QED) is 0.851. The van der Waals surface area contributed by atoms with Crippen molar-refractivity contribution in [3.63, 3.8) is 0 Å². The highest BCUT2D eigenvalue weighted by Gasteiger charge is 2.10. The van der Waals surface area contributed by atoms with Crippen LogP contribution in [0.2, 0.25) is 0 Å². The average molecular weight is 276 g/mol. The number of aryl methyl sites for hydroxylation is 1. The summed E-state index contributed by atoms with van der Waals surface area (Å²) >= 11 is 5.26. The second-order valence-electron chi connectivity index (χ2n) is 4.82. The van der Waals surface area contributed by atoms with Gasteiger partial charge in [-0.15, -0.1) is 5.10 Å². The van der Waals surface area contributed by atoms with Crippen LogP contribution in [-0.4, -0.2) is 21.8 Å². The summed E-state index contributed by atoms with van der Waals surface area (Å²) in [6, 6.07) is 8.56. The summed E-state index contributed by atoms with van der Waals surface area (Å²) in [5.74, 6) is 0.896. The summed E-state index contributed by atoms with van der Waals surface area (Å²) in [5.41, 5.74) is 2.55. The second kappa shape index (κ2) is 6.02. The number of aromatic nitrogens is 3. The van der Waals surface area contributed by atoms with Gasteiger partial charge < -0.3 is 4.90 Å². The van der Waals surface area contributed by atoms with Crippen molar-refractivity contribution in [3.8, 4) is 0 Å². The van der Waals surface area contributed by atoms with Gasteiger partial charge in [-0.05, 0) is 31.1 Å². The van der Waals surface area contributed by atoms with Gasteiger partial charge in [-0.1, -0.05) is 36.8 Å². The molecule has 0 radical (unpaired) electrons. The maximum atomic E-state index is 5.26. The fourth-order valence-electron chi connectivity index (χ4n) is 2.06. The van der Waals surface area contributed by atoms with E-state index in [1.54, 1.807) is 0 Å². The third-order valence-corrected chi connectivity index (χ3v) is 3.38. The van der Waals surface area contributed by atoms with Gasteiger partial charge in [-0.25, -0.2) is 5.10 Å². The highest BCUT2D eigenvalue weighted by molar-refractivity contribution is 7.71. The van der Waals surface area contributed by atoms with Crippen LogP contribution in [0.15, 0.2) is 24.3 Å². The summed E-state index contributed by atoms with van der Waals surface area (Å²) in [6.07, 6.45) is 1.04. The van der Waals surface area contributed by atoms with Gasteiger partial charge in [-0.3, -0.25) is 4.57 Å². The van der Waals surface area contributed by atoms with Crippen LogP contribution in [0.5, 0.6) is 0 Å². The number of H-pyrrole nitrogens is 1. The first-order chi connectivity index (χ1) is 9.11. The Morgan fingerprint density at radius 3 is 2.63 bits per heavy atom. The van der Waals surface area contributed by atoms with Crippen molar-refractivity contribution >= 4 is 18.2 Å². The molecule has 0 spiro atoms. The number of nitrogens with zero attached hydrogens (tertiary/aromatic N) is 3. The summed E-state index contributed by atoms with van der Waals surface area (Å²) in [5, 5.41) is 7.19. The van der Waals surface area contributed by atoms with E-state index in [1.807, 2.05) is 11.6 Å². The Bertz CT molecular complexity index is 582. The minimum Gasteiger partial charge on any atom is -0.340 e. The molecule has 0 aliphatic rings. The van der Waals surface area contributed by atoms with Crippen LogP contribution in [0.1, 0.15) is 24.5 Å². The molecule has 1 aromatic carbocycles. The number of nitrogens with one attached hydrogen (secondary N) is 1. The highest BCUT2D eigenvalue weighted by Crippen LogP contribution is 2.14. The molecule has 0 atom stereocenters. The normalized spacial score (nSPS) is 10.7. The molecule has 2 rings (SSSR count). The molecule has 0 aliphatic heterocycles. The average Bonchev–Trinajstić information content (AvgIpc) is 2.75. The second-order valence-corrected chi connectivity index (χ2v) is 5.21. The Balaban J connectivity index is 2.17.